The smallest absolute Gasteiger partial charge is 0.310 e. The van der Waals surface area contributed by atoms with Crippen LogP contribution in [0, 0.1) is 17.8 Å². The fourth-order valence-electron chi connectivity index (χ4n) is 8.88. The molecule has 5 aliphatic rings. The van der Waals surface area contributed by atoms with Crippen molar-refractivity contribution in [3.05, 3.63) is 95.1 Å². The molecule has 9 nitrogen and oxygen atoms in total. The van der Waals surface area contributed by atoms with Crippen LogP contribution in [0.25, 0.3) is 0 Å². The number of rotatable bonds is 8. The molecule has 2 aromatic carbocycles. The molecule has 2 aliphatic heterocycles. The average molecular weight is 631 g/mol. The van der Waals surface area contributed by atoms with Gasteiger partial charge in [-0.1, -0.05) is 62.1 Å². The highest BCUT2D eigenvalue weighted by atomic mass is 16.9. The number of fused-ring (bicyclic) bond motifs is 2. The Kier molecular flexibility index (Phi) is 7.30. The molecule has 1 saturated carbocycles. The predicted octanol–water partition coefficient (Wildman–Crippen LogP) is 4.54. The minimum atomic E-state index is -1.61. The van der Waals surface area contributed by atoms with E-state index >= 15 is 0 Å². The summed E-state index contributed by atoms with van der Waals surface area (Å²) in [4.78, 5) is 13.0. The first-order valence-electron chi connectivity index (χ1n) is 15.9. The van der Waals surface area contributed by atoms with E-state index in [9.17, 15) is 20.1 Å². The van der Waals surface area contributed by atoms with Crippen molar-refractivity contribution < 1.29 is 43.8 Å². The first-order valence-corrected chi connectivity index (χ1v) is 15.9. The average Bonchev–Trinajstić information content (AvgIpc) is 3.32. The zero-order valence-corrected chi connectivity index (χ0v) is 26.7. The Morgan fingerprint density at radius 3 is 2.59 bits per heavy atom. The monoisotopic (exact) mass is 630 g/mol. The number of phenols is 1. The van der Waals surface area contributed by atoms with E-state index in [1.165, 1.54) is 13.2 Å². The van der Waals surface area contributed by atoms with Crippen molar-refractivity contribution in [1.29, 1.82) is 0 Å². The Hall–Kier alpha value is -3.47. The van der Waals surface area contributed by atoms with Crippen molar-refractivity contribution in [2.24, 2.45) is 17.8 Å². The quantitative estimate of drug-likeness (QED) is 0.285. The maximum absolute atomic E-state index is 13.0. The highest BCUT2D eigenvalue weighted by Crippen LogP contribution is 2.68. The molecule has 46 heavy (non-hydrogen) atoms. The summed E-state index contributed by atoms with van der Waals surface area (Å²) in [6.45, 7) is 10.2. The predicted molar refractivity (Wildman–Crippen MR) is 168 cm³/mol. The number of aliphatic hydroxyl groups excluding tert-OH is 1. The molecule has 2 aromatic rings. The standard InChI is InChI=1S/C37H42O9/c1-21(2)35-17-23(4)37-27(33(35)44-36(45-35,46-37)19-24-9-7-6-8-10-24)14-26(18-34(41)30(37)13-22(3)32(34)40)20-43-31(39)16-25-11-12-28(38)29(15-25)42-5/h6-15,23,27,30,32-33,38,40-41H,1,16-20H2,2-5H3/t23-,27+,30-,32+,33-,34-,35-,36?,37-/m1/s1. The van der Waals surface area contributed by atoms with E-state index in [1.54, 1.807) is 12.1 Å². The van der Waals surface area contributed by atoms with Crippen molar-refractivity contribution in [3.8, 4) is 11.5 Å². The maximum atomic E-state index is 13.0. The van der Waals surface area contributed by atoms with Gasteiger partial charge in [-0.2, -0.15) is 0 Å². The molecular formula is C37H42O9. The maximum Gasteiger partial charge on any atom is 0.310 e. The topological polar surface area (TPSA) is 124 Å². The molecule has 3 fully saturated rings. The number of ether oxygens (including phenoxy) is 5. The third-order valence-corrected chi connectivity index (χ3v) is 10.9. The molecular weight excluding hydrogens is 588 g/mol. The molecule has 3 bridgehead atoms. The first kappa shape index (κ1) is 31.1. The number of benzene rings is 2. The molecule has 2 saturated heterocycles. The van der Waals surface area contributed by atoms with E-state index in [1.807, 2.05) is 56.3 Å². The zero-order chi connectivity index (χ0) is 32.6. The number of carbonyl (C=O) groups excluding carboxylic acids is 1. The molecule has 0 amide bonds. The minimum Gasteiger partial charge on any atom is -0.504 e. The van der Waals surface area contributed by atoms with Crippen molar-refractivity contribution >= 4 is 5.97 Å². The number of phenolic OH excluding ortho intramolecular Hbond substituents is 1. The molecule has 0 aromatic heterocycles. The number of methoxy groups -OCH3 is 1. The van der Waals surface area contributed by atoms with Gasteiger partial charge in [-0.15, -0.1) is 0 Å². The highest BCUT2D eigenvalue weighted by Gasteiger charge is 2.79. The van der Waals surface area contributed by atoms with E-state index in [0.29, 0.717) is 29.6 Å². The van der Waals surface area contributed by atoms with Crippen LogP contribution >= 0.6 is 0 Å². The van der Waals surface area contributed by atoms with Crippen molar-refractivity contribution in [2.75, 3.05) is 13.7 Å². The van der Waals surface area contributed by atoms with E-state index in [-0.39, 0.29) is 36.9 Å². The van der Waals surface area contributed by atoms with Gasteiger partial charge in [-0.05, 0) is 66.2 Å². The molecule has 0 spiro atoms. The van der Waals surface area contributed by atoms with Crippen LogP contribution in [-0.4, -0.2) is 70.0 Å². The van der Waals surface area contributed by atoms with Gasteiger partial charge >= 0.3 is 5.97 Å². The largest absolute Gasteiger partial charge is 0.504 e. The number of esters is 1. The molecule has 7 rings (SSSR count). The van der Waals surface area contributed by atoms with Gasteiger partial charge in [0.1, 0.15) is 30.0 Å². The second-order valence-corrected chi connectivity index (χ2v) is 13.9. The van der Waals surface area contributed by atoms with Crippen LogP contribution in [0.1, 0.15) is 44.7 Å². The summed E-state index contributed by atoms with van der Waals surface area (Å²) in [6.07, 6.45) is 3.34. The fraction of sp³-hybridized carbons (Fsp3) is 0.486. The summed E-state index contributed by atoms with van der Waals surface area (Å²) in [6, 6.07) is 14.6. The van der Waals surface area contributed by atoms with Crippen LogP contribution in [0.4, 0.5) is 0 Å². The first-order chi connectivity index (χ1) is 21.9. The molecule has 9 atom stereocenters. The number of carbonyl (C=O) groups is 1. The van der Waals surface area contributed by atoms with Crippen molar-refractivity contribution in [1.82, 2.24) is 0 Å². The van der Waals surface area contributed by atoms with Gasteiger partial charge in [0.05, 0.1) is 25.6 Å². The van der Waals surface area contributed by atoms with Crippen LogP contribution in [0.15, 0.2) is 84.0 Å². The van der Waals surface area contributed by atoms with Gasteiger partial charge in [0.2, 0.25) is 0 Å². The van der Waals surface area contributed by atoms with E-state index in [4.69, 9.17) is 23.7 Å². The molecule has 9 heteroatoms. The lowest BCUT2D eigenvalue weighted by molar-refractivity contribution is -0.423. The second kappa shape index (κ2) is 10.8. The Bertz CT molecular complexity index is 1630. The summed E-state index contributed by atoms with van der Waals surface area (Å²) in [5.41, 5.74) is 0.341. The van der Waals surface area contributed by atoms with E-state index < -0.39 is 52.8 Å². The van der Waals surface area contributed by atoms with Gasteiger partial charge in [0, 0.05) is 18.3 Å². The Morgan fingerprint density at radius 1 is 1.11 bits per heavy atom. The van der Waals surface area contributed by atoms with Crippen LogP contribution in [0.2, 0.25) is 0 Å². The lowest BCUT2D eigenvalue weighted by Crippen LogP contribution is -2.70. The molecule has 0 radical (unpaired) electrons. The SMILES string of the molecule is C=C(C)[C@]12C[C@@H](C)[C@@]34OC(Cc5ccccc5)(O[C@@H]1[C@@H]3C=C(COC(=O)Cc1ccc(O)c(OC)c1)C[C@@]1(O)[C@H]4C=C(C)[C@@H]1O)O2. The molecule has 3 aliphatic carbocycles. The minimum absolute atomic E-state index is 0.0179. The Labute approximate surface area is 269 Å². The van der Waals surface area contributed by atoms with Gasteiger partial charge in [-0.25, -0.2) is 0 Å². The summed E-state index contributed by atoms with van der Waals surface area (Å²) >= 11 is 0. The number of aliphatic hydroxyl groups is 2. The summed E-state index contributed by atoms with van der Waals surface area (Å²) in [7, 11) is 1.44. The lowest BCUT2D eigenvalue weighted by Gasteiger charge is -2.59. The highest BCUT2D eigenvalue weighted by molar-refractivity contribution is 5.73. The van der Waals surface area contributed by atoms with Crippen molar-refractivity contribution in [3.63, 3.8) is 0 Å². The molecule has 3 N–H and O–H groups in total. The van der Waals surface area contributed by atoms with Gasteiger partial charge < -0.3 is 39.0 Å². The summed E-state index contributed by atoms with van der Waals surface area (Å²) < 4.78 is 31.9. The fourth-order valence-corrected chi connectivity index (χ4v) is 8.88. The Morgan fingerprint density at radius 2 is 1.87 bits per heavy atom. The zero-order valence-electron chi connectivity index (χ0n) is 26.7. The van der Waals surface area contributed by atoms with Gasteiger partial charge in [0.15, 0.2) is 11.5 Å². The summed E-state index contributed by atoms with van der Waals surface area (Å²) in [5, 5.41) is 33.9. The third-order valence-electron chi connectivity index (χ3n) is 10.9. The van der Waals surface area contributed by atoms with Crippen molar-refractivity contribution in [2.45, 2.75) is 81.4 Å². The van der Waals surface area contributed by atoms with E-state index in [0.717, 1.165) is 11.1 Å². The second-order valence-electron chi connectivity index (χ2n) is 13.9. The molecule has 2 heterocycles. The van der Waals surface area contributed by atoms with Crippen LogP contribution in [-0.2, 0) is 36.6 Å². The van der Waals surface area contributed by atoms with Crippen LogP contribution in [0.5, 0.6) is 11.5 Å². The Balaban J connectivity index is 1.26. The normalized spacial score (nSPS) is 38.7. The third kappa shape index (κ3) is 4.51. The number of aromatic hydroxyl groups is 1. The molecule has 1 unspecified atom stereocenters. The summed E-state index contributed by atoms with van der Waals surface area (Å²) in [5.74, 6) is -2.76. The molecule has 244 valence electrons. The van der Waals surface area contributed by atoms with E-state index in [2.05, 4.69) is 13.5 Å². The van der Waals surface area contributed by atoms with Crippen LogP contribution in [0.3, 0.4) is 0 Å². The van der Waals surface area contributed by atoms with Gasteiger partial charge in [0.25, 0.3) is 5.97 Å². The van der Waals surface area contributed by atoms with Gasteiger partial charge in [-0.3, -0.25) is 4.79 Å². The van der Waals surface area contributed by atoms with Crippen LogP contribution < -0.4 is 4.74 Å². The number of hydrogen-bond acceptors (Lipinski definition) is 9. The lowest BCUT2D eigenvalue weighted by atomic mass is 9.54. The number of hydrogen-bond donors (Lipinski definition) is 3.